The zero-order chi connectivity index (χ0) is 13.7. The van der Waals surface area contributed by atoms with E-state index in [0.29, 0.717) is 13.1 Å². The largest absolute Gasteiger partial charge is 0.444 e. The van der Waals surface area contributed by atoms with Gasteiger partial charge in [-0.15, -0.1) is 11.3 Å². The Bertz CT molecular complexity index is 498. The van der Waals surface area contributed by atoms with Crippen LogP contribution in [0.15, 0.2) is 11.4 Å². The summed E-state index contributed by atoms with van der Waals surface area (Å²) in [5.41, 5.74) is 0.932. The Labute approximate surface area is 117 Å². The summed E-state index contributed by atoms with van der Waals surface area (Å²) in [4.78, 5) is 15.2. The van der Waals surface area contributed by atoms with Gasteiger partial charge in [0.05, 0.1) is 5.54 Å². The first-order chi connectivity index (χ1) is 8.90. The molecule has 1 aromatic rings. The fraction of sp³-hybridized carbons (Fsp3) is 0.643. The number of hydrogen-bond donors (Lipinski definition) is 1. The number of carbonyl (C=O) groups excluding carboxylic acids is 1. The van der Waals surface area contributed by atoms with E-state index in [1.807, 2.05) is 32.1 Å². The van der Waals surface area contributed by atoms with E-state index in [-0.39, 0.29) is 11.6 Å². The van der Waals surface area contributed by atoms with Gasteiger partial charge in [0, 0.05) is 24.5 Å². The van der Waals surface area contributed by atoms with Gasteiger partial charge >= 0.3 is 6.09 Å². The van der Waals surface area contributed by atoms with E-state index in [1.54, 1.807) is 4.90 Å². The zero-order valence-corrected chi connectivity index (χ0v) is 12.5. The van der Waals surface area contributed by atoms with Gasteiger partial charge in [0.15, 0.2) is 0 Å². The Morgan fingerprint density at radius 2 is 2.21 bits per heavy atom. The van der Waals surface area contributed by atoms with Crippen molar-refractivity contribution in [2.24, 2.45) is 0 Å². The number of likely N-dealkylation sites (tertiary alicyclic amines) is 1. The predicted octanol–water partition coefficient (Wildman–Crippen LogP) is 2.34. The van der Waals surface area contributed by atoms with E-state index in [4.69, 9.17) is 4.74 Å². The van der Waals surface area contributed by atoms with Gasteiger partial charge in [-0.05, 0) is 44.2 Å². The van der Waals surface area contributed by atoms with E-state index in [9.17, 15) is 4.79 Å². The summed E-state index contributed by atoms with van der Waals surface area (Å²) < 4.78 is 5.41. The number of hydrogen-bond acceptors (Lipinski definition) is 4. The van der Waals surface area contributed by atoms with E-state index >= 15 is 0 Å². The van der Waals surface area contributed by atoms with Crippen LogP contribution in [-0.2, 0) is 16.7 Å². The van der Waals surface area contributed by atoms with Crippen LogP contribution in [0.2, 0.25) is 0 Å². The molecule has 0 saturated carbocycles. The highest BCUT2D eigenvalue weighted by Gasteiger charge is 2.49. The van der Waals surface area contributed by atoms with Crippen LogP contribution in [0.4, 0.5) is 4.79 Å². The molecular formula is C14H20N2O2S. The van der Waals surface area contributed by atoms with Gasteiger partial charge in [0.25, 0.3) is 0 Å². The summed E-state index contributed by atoms with van der Waals surface area (Å²) in [5.74, 6) is 0. The number of fused-ring (bicyclic) bond motifs is 2. The van der Waals surface area contributed by atoms with Crippen molar-refractivity contribution in [1.29, 1.82) is 0 Å². The molecule has 4 nitrogen and oxygen atoms in total. The van der Waals surface area contributed by atoms with Crippen LogP contribution in [0.1, 0.15) is 31.2 Å². The van der Waals surface area contributed by atoms with Gasteiger partial charge in [-0.25, -0.2) is 4.79 Å². The Hall–Kier alpha value is -1.07. The Morgan fingerprint density at radius 1 is 1.47 bits per heavy atom. The van der Waals surface area contributed by atoms with E-state index in [0.717, 1.165) is 13.0 Å². The first kappa shape index (κ1) is 12.9. The minimum Gasteiger partial charge on any atom is -0.444 e. The second kappa shape index (κ2) is 4.21. The van der Waals surface area contributed by atoms with Crippen LogP contribution in [0, 0.1) is 0 Å². The molecular weight excluding hydrogens is 260 g/mol. The molecule has 2 aliphatic heterocycles. The van der Waals surface area contributed by atoms with Gasteiger partial charge in [-0.1, -0.05) is 0 Å². The molecule has 104 valence electrons. The Kier molecular flexibility index (Phi) is 2.87. The van der Waals surface area contributed by atoms with Gasteiger partial charge in [0.1, 0.15) is 5.60 Å². The lowest BCUT2D eigenvalue weighted by Gasteiger charge is -2.52. The number of thiophene rings is 1. The van der Waals surface area contributed by atoms with Crippen LogP contribution >= 0.6 is 11.3 Å². The molecule has 2 aliphatic rings. The van der Waals surface area contributed by atoms with Crippen LogP contribution in [0.25, 0.3) is 0 Å². The van der Waals surface area contributed by atoms with Gasteiger partial charge in [-0.2, -0.15) is 0 Å². The quantitative estimate of drug-likeness (QED) is 0.793. The van der Waals surface area contributed by atoms with Crippen molar-refractivity contribution < 1.29 is 9.53 Å². The van der Waals surface area contributed by atoms with Crippen LogP contribution < -0.4 is 5.32 Å². The molecule has 1 saturated heterocycles. The van der Waals surface area contributed by atoms with Crippen LogP contribution in [0.3, 0.4) is 0 Å². The van der Waals surface area contributed by atoms with Crippen molar-refractivity contribution in [3.05, 3.63) is 21.9 Å². The molecule has 0 bridgehead atoms. The third-order valence-corrected chi connectivity index (χ3v) is 4.63. The molecule has 0 aromatic carbocycles. The standard InChI is InChI=1S/C14H20N2O2S/c1-13(2,3)18-12(17)16-8-14(9-16)10-5-7-19-11(10)4-6-15-14/h5,7,15H,4,6,8-9H2,1-3H3. The maximum atomic E-state index is 12.0. The number of ether oxygens (including phenoxy) is 1. The average molecular weight is 280 g/mol. The molecule has 3 rings (SSSR count). The van der Waals surface area contributed by atoms with Gasteiger partial charge in [0.2, 0.25) is 0 Å². The lowest BCUT2D eigenvalue weighted by Crippen LogP contribution is -2.69. The maximum absolute atomic E-state index is 12.0. The first-order valence-corrected chi connectivity index (χ1v) is 7.57. The molecule has 1 amide bonds. The van der Waals surface area contributed by atoms with E-state index in [2.05, 4.69) is 16.8 Å². The molecule has 19 heavy (non-hydrogen) atoms. The third kappa shape index (κ3) is 2.25. The summed E-state index contributed by atoms with van der Waals surface area (Å²) in [7, 11) is 0. The SMILES string of the molecule is CC(C)(C)OC(=O)N1CC2(C1)NCCc1sccc12. The molecule has 1 fully saturated rings. The third-order valence-electron chi connectivity index (χ3n) is 3.65. The van der Waals surface area contributed by atoms with Crippen molar-refractivity contribution >= 4 is 17.4 Å². The molecule has 0 radical (unpaired) electrons. The highest BCUT2D eigenvalue weighted by Crippen LogP contribution is 2.39. The Morgan fingerprint density at radius 3 is 2.89 bits per heavy atom. The van der Waals surface area contributed by atoms with Gasteiger partial charge in [-0.3, -0.25) is 0 Å². The van der Waals surface area contributed by atoms with Crippen molar-refractivity contribution in [3.8, 4) is 0 Å². The van der Waals surface area contributed by atoms with Gasteiger partial charge < -0.3 is 15.0 Å². The molecule has 1 aromatic heterocycles. The minimum absolute atomic E-state index is 0.0233. The fourth-order valence-corrected chi connectivity index (χ4v) is 3.79. The summed E-state index contributed by atoms with van der Waals surface area (Å²) in [6, 6.07) is 2.19. The Balaban J connectivity index is 1.69. The molecule has 1 N–H and O–H groups in total. The normalized spacial score (nSPS) is 20.9. The monoisotopic (exact) mass is 280 g/mol. The number of carbonyl (C=O) groups is 1. The highest BCUT2D eigenvalue weighted by molar-refractivity contribution is 7.10. The summed E-state index contributed by atoms with van der Waals surface area (Å²) in [6.45, 7) is 8.12. The molecule has 1 spiro atoms. The van der Waals surface area contributed by atoms with E-state index in [1.165, 1.54) is 10.4 Å². The van der Waals surface area contributed by atoms with Crippen LogP contribution in [0.5, 0.6) is 0 Å². The highest BCUT2D eigenvalue weighted by atomic mass is 32.1. The van der Waals surface area contributed by atoms with Crippen LogP contribution in [-0.4, -0.2) is 36.2 Å². The molecule has 3 heterocycles. The minimum atomic E-state index is -0.423. The molecule has 0 atom stereocenters. The topological polar surface area (TPSA) is 41.6 Å². The molecule has 0 aliphatic carbocycles. The average Bonchev–Trinajstić information content (AvgIpc) is 2.70. The second-order valence-electron chi connectivity index (χ2n) is 6.35. The fourth-order valence-electron chi connectivity index (χ4n) is 2.81. The smallest absolute Gasteiger partial charge is 0.410 e. The summed E-state index contributed by atoms with van der Waals surface area (Å²) in [6.07, 6.45) is 0.892. The first-order valence-electron chi connectivity index (χ1n) is 6.69. The second-order valence-corrected chi connectivity index (χ2v) is 7.35. The van der Waals surface area contributed by atoms with E-state index < -0.39 is 5.60 Å². The zero-order valence-electron chi connectivity index (χ0n) is 11.7. The maximum Gasteiger partial charge on any atom is 0.410 e. The number of nitrogens with zero attached hydrogens (tertiary/aromatic N) is 1. The van der Waals surface area contributed by atoms with Crippen molar-refractivity contribution in [2.45, 2.75) is 38.3 Å². The lowest BCUT2D eigenvalue weighted by molar-refractivity contribution is -0.0192. The number of amides is 1. The number of rotatable bonds is 0. The molecule has 0 unspecified atom stereocenters. The predicted molar refractivity (Wildman–Crippen MR) is 75.5 cm³/mol. The molecule has 5 heteroatoms. The van der Waals surface area contributed by atoms with Crippen molar-refractivity contribution in [3.63, 3.8) is 0 Å². The number of nitrogens with one attached hydrogen (secondary N) is 1. The van der Waals surface area contributed by atoms with Crippen molar-refractivity contribution in [2.75, 3.05) is 19.6 Å². The summed E-state index contributed by atoms with van der Waals surface area (Å²) in [5, 5.41) is 5.73. The summed E-state index contributed by atoms with van der Waals surface area (Å²) >= 11 is 1.82. The lowest BCUT2D eigenvalue weighted by atomic mass is 9.80. The van der Waals surface area contributed by atoms with Crippen molar-refractivity contribution in [1.82, 2.24) is 10.2 Å².